The first-order valence-corrected chi connectivity index (χ1v) is 9.53. The maximum absolute atomic E-state index is 12.0. The number of aromatic nitrogens is 3. The summed E-state index contributed by atoms with van der Waals surface area (Å²) in [5.74, 6) is 0.924. The predicted molar refractivity (Wildman–Crippen MR) is 105 cm³/mol. The summed E-state index contributed by atoms with van der Waals surface area (Å²) >= 11 is 0. The second-order valence-electron chi connectivity index (χ2n) is 8.21. The lowest BCUT2D eigenvalue weighted by atomic mass is 10.2. The zero-order valence-corrected chi connectivity index (χ0v) is 16.8. The molecule has 2 atom stereocenters. The number of carbonyl (C=O) groups is 1. The summed E-state index contributed by atoms with van der Waals surface area (Å²) in [7, 11) is 0. The van der Waals surface area contributed by atoms with Gasteiger partial charge in [0.2, 0.25) is 0 Å². The Hall–Kier alpha value is -2.35. The van der Waals surface area contributed by atoms with Gasteiger partial charge in [0, 0.05) is 37.0 Å². The Bertz CT molecular complexity index is 825. The van der Waals surface area contributed by atoms with Crippen molar-refractivity contribution in [1.82, 2.24) is 19.9 Å². The first-order valence-electron chi connectivity index (χ1n) is 9.53. The maximum atomic E-state index is 12.0. The van der Waals surface area contributed by atoms with Crippen molar-refractivity contribution >= 4 is 17.6 Å². The van der Waals surface area contributed by atoms with Crippen LogP contribution in [0.5, 0.6) is 0 Å². The summed E-state index contributed by atoms with van der Waals surface area (Å²) < 4.78 is 7.14. The summed E-state index contributed by atoms with van der Waals surface area (Å²) in [5.41, 5.74) is 8.29. The lowest BCUT2D eigenvalue weighted by Crippen LogP contribution is -2.40. The highest BCUT2D eigenvalue weighted by molar-refractivity contribution is 5.68. The number of ether oxygens (including phenoxy) is 1. The van der Waals surface area contributed by atoms with Crippen molar-refractivity contribution in [1.29, 1.82) is 0 Å². The Kier molecular flexibility index (Phi) is 5.28. The second kappa shape index (κ2) is 7.34. The Balaban J connectivity index is 1.72. The highest BCUT2D eigenvalue weighted by Crippen LogP contribution is 2.24. The molecule has 0 radical (unpaired) electrons. The molecular weight excluding hydrogens is 344 g/mol. The van der Waals surface area contributed by atoms with Crippen molar-refractivity contribution in [2.24, 2.45) is 5.73 Å². The number of amides is 1. The Morgan fingerprint density at radius 1 is 1.48 bits per heavy atom. The number of nitrogens with two attached hydrogens (primary N) is 1. The molecule has 3 rings (SSSR count). The Labute approximate surface area is 160 Å². The standard InChI is InChI=1S/C19H30N6O2/c1-6-14(20)15-9-16-22-17(12(2)10-25(16)23-15)24-8-7-13(11-24)21-18(26)27-19(3,4)5/h9-10,13-14H,6-8,11,20H2,1-5H3,(H,21,26)/t13-,14-/m0/s1. The van der Waals surface area contributed by atoms with Crippen LogP contribution in [0.4, 0.5) is 10.6 Å². The van der Waals surface area contributed by atoms with Crippen LogP contribution in [0.15, 0.2) is 12.3 Å². The van der Waals surface area contributed by atoms with Gasteiger partial charge in [0.05, 0.1) is 11.7 Å². The molecule has 0 aliphatic carbocycles. The van der Waals surface area contributed by atoms with Gasteiger partial charge in [0.15, 0.2) is 5.65 Å². The average Bonchev–Trinajstić information content (AvgIpc) is 3.17. The molecule has 0 saturated carbocycles. The molecule has 3 heterocycles. The van der Waals surface area contributed by atoms with E-state index in [1.54, 1.807) is 4.52 Å². The average molecular weight is 374 g/mol. The summed E-state index contributed by atoms with van der Waals surface area (Å²) in [5, 5.41) is 7.49. The van der Waals surface area contributed by atoms with Crippen LogP contribution < -0.4 is 16.0 Å². The first-order chi connectivity index (χ1) is 12.7. The van der Waals surface area contributed by atoms with Crippen LogP contribution >= 0.6 is 0 Å². The number of hydrogen-bond donors (Lipinski definition) is 2. The molecule has 1 amide bonds. The van der Waals surface area contributed by atoms with Gasteiger partial charge in [-0.3, -0.25) is 0 Å². The molecule has 1 saturated heterocycles. The van der Waals surface area contributed by atoms with E-state index in [0.717, 1.165) is 42.1 Å². The molecule has 148 valence electrons. The van der Waals surface area contributed by atoms with Gasteiger partial charge in [-0.25, -0.2) is 14.3 Å². The summed E-state index contributed by atoms with van der Waals surface area (Å²) in [6, 6.07) is 1.92. The SMILES string of the molecule is CC[C@H](N)c1cc2nc(N3CC[C@H](NC(=O)OC(C)(C)C)C3)c(C)cn2n1. The van der Waals surface area contributed by atoms with Crippen LogP contribution in [0.25, 0.3) is 5.65 Å². The molecule has 8 nitrogen and oxygen atoms in total. The number of nitrogens with zero attached hydrogens (tertiary/aromatic N) is 4. The third kappa shape index (κ3) is 4.50. The minimum Gasteiger partial charge on any atom is -0.444 e. The van der Waals surface area contributed by atoms with Crippen molar-refractivity contribution in [2.45, 2.75) is 65.1 Å². The smallest absolute Gasteiger partial charge is 0.407 e. The number of nitrogens with one attached hydrogen (secondary N) is 1. The molecular formula is C19H30N6O2. The fourth-order valence-electron chi connectivity index (χ4n) is 3.27. The molecule has 2 aromatic rings. The van der Waals surface area contributed by atoms with Crippen molar-refractivity contribution in [3.8, 4) is 0 Å². The number of aryl methyl sites for hydroxylation is 1. The normalized spacial score (nSPS) is 18.7. The van der Waals surface area contributed by atoms with E-state index >= 15 is 0 Å². The molecule has 0 bridgehead atoms. The number of carbonyl (C=O) groups excluding carboxylic acids is 1. The van der Waals surface area contributed by atoms with Crippen LogP contribution in [-0.2, 0) is 4.74 Å². The lowest BCUT2D eigenvalue weighted by Gasteiger charge is -2.22. The zero-order valence-electron chi connectivity index (χ0n) is 16.8. The summed E-state index contributed by atoms with van der Waals surface area (Å²) in [6.45, 7) is 11.2. The molecule has 27 heavy (non-hydrogen) atoms. The maximum Gasteiger partial charge on any atom is 0.407 e. The molecule has 1 aliphatic rings. The third-order valence-corrected chi connectivity index (χ3v) is 4.65. The number of fused-ring (bicyclic) bond motifs is 1. The van der Waals surface area contributed by atoms with Gasteiger partial charge in [-0.05, 0) is 40.5 Å². The molecule has 8 heteroatoms. The van der Waals surface area contributed by atoms with E-state index in [-0.39, 0.29) is 18.2 Å². The fourth-order valence-corrected chi connectivity index (χ4v) is 3.27. The van der Waals surface area contributed by atoms with Crippen molar-refractivity contribution in [3.63, 3.8) is 0 Å². The van der Waals surface area contributed by atoms with E-state index in [1.165, 1.54) is 0 Å². The van der Waals surface area contributed by atoms with E-state index in [0.29, 0.717) is 6.54 Å². The van der Waals surface area contributed by atoms with E-state index < -0.39 is 5.60 Å². The van der Waals surface area contributed by atoms with Crippen LogP contribution in [0.2, 0.25) is 0 Å². The van der Waals surface area contributed by atoms with E-state index in [9.17, 15) is 4.79 Å². The van der Waals surface area contributed by atoms with Crippen LogP contribution in [-0.4, -0.2) is 45.4 Å². The number of rotatable bonds is 4. The van der Waals surface area contributed by atoms with E-state index in [2.05, 4.69) is 15.3 Å². The quantitative estimate of drug-likeness (QED) is 0.853. The fraction of sp³-hybridized carbons (Fsp3) is 0.632. The topological polar surface area (TPSA) is 97.8 Å². The highest BCUT2D eigenvalue weighted by Gasteiger charge is 2.28. The monoisotopic (exact) mass is 374 g/mol. The van der Waals surface area contributed by atoms with Gasteiger partial charge in [-0.15, -0.1) is 0 Å². The number of alkyl carbamates (subject to hydrolysis) is 1. The van der Waals surface area contributed by atoms with Gasteiger partial charge in [-0.1, -0.05) is 6.92 Å². The third-order valence-electron chi connectivity index (χ3n) is 4.65. The van der Waals surface area contributed by atoms with Gasteiger partial charge < -0.3 is 20.7 Å². The minimum absolute atomic E-state index is 0.0475. The number of hydrogen-bond acceptors (Lipinski definition) is 6. The molecule has 3 N–H and O–H groups in total. The van der Waals surface area contributed by atoms with Gasteiger partial charge in [0.25, 0.3) is 0 Å². The Morgan fingerprint density at radius 2 is 2.22 bits per heavy atom. The molecule has 2 aromatic heterocycles. The van der Waals surface area contributed by atoms with Crippen LogP contribution in [0.3, 0.4) is 0 Å². The van der Waals surface area contributed by atoms with Crippen LogP contribution in [0, 0.1) is 6.92 Å². The lowest BCUT2D eigenvalue weighted by molar-refractivity contribution is 0.0509. The van der Waals surface area contributed by atoms with Gasteiger partial charge in [0.1, 0.15) is 11.4 Å². The summed E-state index contributed by atoms with van der Waals surface area (Å²) in [4.78, 5) is 19.0. The second-order valence-corrected chi connectivity index (χ2v) is 8.21. The predicted octanol–water partition coefficient (Wildman–Crippen LogP) is 2.55. The van der Waals surface area contributed by atoms with Crippen molar-refractivity contribution < 1.29 is 9.53 Å². The summed E-state index contributed by atoms with van der Waals surface area (Å²) in [6.07, 6.45) is 3.30. The number of anilines is 1. The van der Waals surface area contributed by atoms with E-state index in [4.69, 9.17) is 15.5 Å². The Morgan fingerprint density at radius 3 is 2.89 bits per heavy atom. The molecule has 0 unspecified atom stereocenters. The van der Waals surface area contributed by atoms with Gasteiger partial charge >= 0.3 is 6.09 Å². The first kappa shape index (κ1) is 19.4. The van der Waals surface area contributed by atoms with Crippen molar-refractivity contribution in [3.05, 3.63) is 23.5 Å². The molecule has 1 aliphatic heterocycles. The van der Waals surface area contributed by atoms with Crippen LogP contribution in [0.1, 0.15) is 57.8 Å². The van der Waals surface area contributed by atoms with Crippen molar-refractivity contribution in [2.75, 3.05) is 18.0 Å². The molecule has 1 fully saturated rings. The molecule has 0 spiro atoms. The highest BCUT2D eigenvalue weighted by atomic mass is 16.6. The minimum atomic E-state index is -0.495. The largest absolute Gasteiger partial charge is 0.444 e. The zero-order chi connectivity index (χ0) is 19.8. The van der Waals surface area contributed by atoms with Gasteiger partial charge in [-0.2, -0.15) is 5.10 Å². The molecule has 0 aromatic carbocycles. The van der Waals surface area contributed by atoms with E-state index in [1.807, 2.05) is 46.9 Å².